The van der Waals surface area contributed by atoms with Gasteiger partial charge in [0.2, 0.25) is 0 Å². The molecule has 4 rings (SSSR count). The van der Waals surface area contributed by atoms with Crippen molar-refractivity contribution in [1.29, 1.82) is 10.5 Å². The third-order valence-corrected chi connectivity index (χ3v) is 7.90. The van der Waals surface area contributed by atoms with Gasteiger partial charge in [0.15, 0.2) is 5.82 Å². The number of aromatic nitrogens is 3. The molecule has 0 saturated carbocycles. The molecule has 1 fully saturated rings. The molecule has 1 saturated heterocycles. The van der Waals surface area contributed by atoms with Crippen molar-refractivity contribution < 1.29 is 0 Å². The van der Waals surface area contributed by atoms with Gasteiger partial charge < -0.3 is 4.90 Å². The molecule has 1 aliphatic rings. The first-order valence-electron chi connectivity index (χ1n) is 13.0. The van der Waals surface area contributed by atoms with Crippen LogP contribution in [0.5, 0.6) is 0 Å². The van der Waals surface area contributed by atoms with Gasteiger partial charge in [-0.2, -0.15) is 15.5 Å². The first kappa shape index (κ1) is 26.3. The fraction of sp³-hybridized carbons (Fsp3) is 0.483. The molecule has 2 aromatic heterocycles. The third kappa shape index (κ3) is 4.82. The average Bonchev–Trinajstić information content (AvgIpc) is 2.93. The number of nitrogens with zero attached hydrogens (tertiary/aromatic N) is 7. The van der Waals surface area contributed by atoms with Gasteiger partial charge in [-0.1, -0.05) is 38.1 Å². The number of fused-ring (bicyclic) bond motifs is 1. The number of pyridine rings is 1. The topological polar surface area (TPSA) is 102 Å². The number of benzene rings is 1. The maximum Gasteiger partial charge on any atom is 0.349 e. The molecule has 3 atom stereocenters. The Morgan fingerprint density at radius 2 is 1.70 bits per heavy atom. The van der Waals surface area contributed by atoms with Crippen molar-refractivity contribution >= 4 is 16.9 Å². The molecule has 8 nitrogen and oxygen atoms in total. The highest BCUT2D eigenvalue weighted by molar-refractivity contribution is 5.86. The van der Waals surface area contributed by atoms with E-state index in [1.807, 2.05) is 13.8 Å². The number of anilines is 1. The second-order valence-corrected chi connectivity index (χ2v) is 10.5. The second kappa shape index (κ2) is 10.3. The molecule has 1 aliphatic heterocycles. The van der Waals surface area contributed by atoms with Gasteiger partial charge in [0.25, 0.3) is 0 Å². The Balaban J connectivity index is 1.70. The molecular formula is C29H35N7O. The fourth-order valence-electron chi connectivity index (χ4n) is 5.32. The summed E-state index contributed by atoms with van der Waals surface area (Å²) in [5.41, 5.74) is 2.96. The molecule has 3 heterocycles. The Morgan fingerprint density at radius 3 is 2.30 bits per heavy atom. The zero-order chi connectivity index (χ0) is 26.9. The summed E-state index contributed by atoms with van der Waals surface area (Å²) in [6.45, 7) is 12.0. The van der Waals surface area contributed by atoms with Crippen LogP contribution in [0, 0.1) is 22.7 Å². The summed E-state index contributed by atoms with van der Waals surface area (Å²) < 4.78 is 1.49. The van der Waals surface area contributed by atoms with E-state index in [0.717, 1.165) is 24.9 Å². The van der Waals surface area contributed by atoms with Crippen LogP contribution < -0.4 is 10.6 Å². The fourth-order valence-corrected chi connectivity index (χ4v) is 5.32. The number of aryl methyl sites for hydroxylation is 1. The Bertz CT molecular complexity index is 1430. The van der Waals surface area contributed by atoms with E-state index < -0.39 is 5.41 Å². The molecule has 192 valence electrons. The van der Waals surface area contributed by atoms with Crippen LogP contribution in [0.15, 0.2) is 41.2 Å². The van der Waals surface area contributed by atoms with Crippen LogP contribution >= 0.6 is 0 Å². The highest BCUT2D eigenvalue weighted by Crippen LogP contribution is 2.34. The molecule has 0 bridgehead atoms. The number of rotatable bonds is 6. The minimum atomic E-state index is -0.519. The van der Waals surface area contributed by atoms with Crippen molar-refractivity contribution in [2.75, 3.05) is 18.0 Å². The van der Waals surface area contributed by atoms with Gasteiger partial charge in [-0.15, -0.1) is 0 Å². The number of hydrogen-bond donors (Lipinski definition) is 0. The molecule has 37 heavy (non-hydrogen) atoms. The Morgan fingerprint density at radius 1 is 1.03 bits per heavy atom. The van der Waals surface area contributed by atoms with Gasteiger partial charge in [-0.05, 0) is 56.9 Å². The van der Waals surface area contributed by atoms with E-state index in [-0.39, 0.29) is 23.8 Å². The third-order valence-electron chi connectivity index (χ3n) is 7.90. The van der Waals surface area contributed by atoms with Crippen LogP contribution in [0.3, 0.4) is 0 Å². The quantitative estimate of drug-likeness (QED) is 0.496. The normalized spacial score (nSPS) is 19.4. The first-order chi connectivity index (χ1) is 17.6. The van der Waals surface area contributed by atoms with Crippen molar-refractivity contribution in [2.45, 2.75) is 71.0 Å². The van der Waals surface area contributed by atoms with Crippen molar-refractivity contribution in [3.05, 3.63) is 63.7 Å². The van der Waals surface area contributed by atoms with Crippen LogP contribution in [0.25, 0.3) is 11.0 Å². The van der Waals surface area contributed by atoms with Gasteiger partial charge in [-0.3, -0.25) is 9.47 Å². The highest BCUT2D eigenvalue weighted by Gasteiger charge is 2.37. The largest absolute Gasteiger partial charge is 0.349 e. The van der Waals surface area contributed by atoms with Crippen molar-refractivity contribution in [2.24, 2.45) is 7.05 Å². The summed E-state index contributed by atoms with van der Waals surface area (Å²) in [4.78, 5) is 26.6. The SMILES string of the molecule is CC[C@H]1CN(C(C)c2ccc(C(C)(C)C#N)cc2)[C@H](CC)CN1c1nc(=O)n(C)c2ccc(C#N)nc12. The second-order valence-electron chi connectivity index (χ2n) is 10.5. The molecule has 0 amide bonds. The Hall–Kier alpha value is -3.75. The maximum atomic E-state index is 12.8. The highest BCUT2D eigenvalue weighted by atomic mass is 16.1. The van der Waals surface area contributed by atoms with Gasteiger partial charge in [0.1, 0.15) is 17.3 Å². The van der Waals surface area contributed by atoms with Crippen molar-refractivity contribution in [3.8, 4) is 12.1 Å². The van der Waals surface area contributed by atoms with Gasteiger partial charge in [-0.25, -0.2) is 9.78 Å². The van der Waals surface area contributed by atoms with E-state index in [2.05, 4.69) is 76.9 Å². The monoisotopic (exact) mass is 497 g/mol. The van der Waals surface area contributed by atoms with Crippen molar-refractivity contribution in [3.63, 3.8) is 0 Å². The average molecular weight is 498 g/mol. The zero-order valence-electron chi connectivity index (χ0n) is 22.6. The molecule has 1 unspecified atom stereocenters. The minimum Gasteiger partial charge on any atom is -0.349 e. The summed E-state index contributed by atoms with van der Waals surface area (Å²) >= 11 is 0. The van der Waals surface area contributed by atoms with E-state index in [0.29, 0.717) is 29.1 Å². The lowest BCUT2D eigenvalue weighted by Gasteiger charge is -2.49. The maximum absolute atomic E-state index is 12.8. The van der Waals surface area contributed by atoms with E-state index in [9.17, 15) is 15.3 Å². The molecule has 0 N–H and O–H groups in total. The molecule has 1 aromatic carbocycles. The molecule has 0 radical (unpaired) electrons. The molecule has 3 aromatic rings. The molecule has 0 spiro atoms. The van der Waals surface area contributed by atoms with Gasteiger partial charge in [0, 0.05) is 38.3 Å². The van der Waals surface area contributed by atoms with E-state index in [1.54, 1.807) is 19.2 Å². The zero-order valence-corrected chi connectivity index (χ0v) is 22.6. The van der Waals surface area contributed by atoms with Crippen LogP contribution in [-0.4, -0.2) is 44.6 Å². The van der Waals surface area contributed by atoms with Crippen LogP contribution in [0.1, 0.15) is 70.3 Å². The van der Waals surface area contributed by atoms with Crippen LogP contribution in [0.4, 0.5) is 5.82 Å². The summed E-state index contributed by atoms with van der Waals surface area (Å²) in [6, 6.07) is 16.9. The summed E-state index contributed by atoms with van der Waals surface area (Å²) in [5, 5.41) is 18.9. The molecular weight excluding hydrogens is 462 g/mol. The number of piperazine rings is 1. The van der Waals surface area contributed by atoms with E-state index in [1.165, 1.54) is 10.1 Å². The predicted octanol–water partition coefficient (Wildman–Crippen LogP) is 4.44. The predicted molar refractivity (Wildman–Crippen MR) is 145 cm³/mol. The minimum absolute atomic E-state index is 0.136. The lowest BCUT2D eigenvalue weighted by Crippen LogP contribution is -2.59. The van der Waals surface area contributed by atoms with Crippen molar-refractivity contribution in [1.82, 2.24) is 19.4 Å². The lowest BCUT2D eigenvalue weighted by molar-refractivity contribution is 0.101. The summed E-state index contributed by atoms with van der Waals surface area (Å²) in [6.07, 6.45) is 1.82. The van der Waals surface area contributed by atoms with Gasteiger partial charge >= 0.3 is 5.69 Å². The van der Waals surface area contributed by atoms with E-state index in [4.69, 9.17) is 0 Å². The standard InChI is InChI=1S/C29H35N7O/c1-7-23-17-36(27-26-25(34(6)28(37)33-27)14-13-22(15-30)32-26)24(8-2)16-35(23)19(3)20-9-11-21(12-10-20)29(4,5)18-31/h9-14,19,23-24H,7-8,16-17H2,1-6H3/t19?,23-,24+/m1/s1. The number of hydrogen-bond acceptors (Lipinski definition) is 7. The first-order valence-corrected chi connectivity index (χ1v) is 13.0. The van der Waals surface area contributed by atoms with E-state index >= 15 is 0 Å². The molecule has 8 heteroatoms. The van der Waals surface area contributed by atoms with Crippen LogP contribution in [-0.2, 0) is 12.5 Å². The Kier molecular flexibility index (Phi) is 7.34. The summed E-state index contributed by atoms with van der Waals surface area (Å²) in [7, 11) is 1.68. The van der Waals surface area contributed by atoms with Gasteiger partial charge in [0.05, 0.1) is 17.0 Å². The van der Waals surface area contributed by atoms with Crippen LogP contribution in [0.2, 0.25) is 0 Å². The number of nitriles is 2. The lowest BCUT2D eigenvalue weighted by atomic mass is 9.85. The Labute approximate surface area is 218 Å². The molecule has 0 aliphatic carbocycles. The summed E-state index contributed by atoms with van der Waals surface area (Å²) in [5.74, 6) is 0.566. The smallest absolute Gasteiger partial charge is 0.349 e.